The van der Waals surface area contributed by atoms with Crippen LogP contribution in [0.15, 0.2) is 41.9 Å². The number of thiophene rings is 1. The standard InChI is InChI=1S/C21H22N4O2S/c1-13-10-16(12-23-19(13)22)24-20(26)21(27)25-8-3-2-4-17(25)14-5-6-18-15(11-14)7-9-28-18/h5-7,9-12,17H,2-4,8H2,1H3,(H2,22,23)(H,24,26)/t17-/m0/s1. The first-order chi connectivity index (χ1) is 13.5. The number of rotatable bonds is 2. The van der Waals surface area contributed by atoms with E-state index in [2.05, 4.69) is 39.9 Å². The molecule has 3 N–H and O–H groups in total. The predicted molar refractivity (Wildman–Crippen MR) is 112 cm³/mol. The summed E-state index contributed by atoms with van der Waals surface area (Å²) in [6.45, 7) is 2.39. The van der Waals surface area contributed by atoms with Gasteiger partial charge in [0.1, 0.15) is 5.82 Å². The Morgan fingerprint density at radius 2 is 2.11 bits per heavy atom. The summed E-state index contributed by atoms with van der Waals surface area (Å²) in [6, 6.07) is 10.0. The van der Waals surface area contributed by atoms with Gasteiger partial charge in [0.15, 0.2) is 0 Å². The van der Waals surface area contributed by atoms with Gasteiger partial charge in [0.2, 0.25) is 0 Å². The second-order valence-corrected chi connectivity index (χ2v) is 8.06. The van der Waals surface area contributed by atoms with E-state index < -0.39 is 11.8 Å². The molecule has 3 aromatic rings. The zero-order valence-corrected chi connectivity index (χ0v) is 16.5. The third kappa shape index (κ3) is 3.57. The molecule has 0 unspecified atom stereocenters. The van der Waals surface area contributed by atoms with E-state index in [4.69, 9.17) is 5.73 Å². The van der Waals surface area contributed by atoms with Crippen LogP contribution in [0.2, 0.25) is 0 Å². The molecule has 1 aliphatic rings. The Labute approximate surface area is 167 Å². The highest BCUT2D eigenvalue weighted by Gasteiger charge is 2.32. The van der Waals surface area contributed by atoms with Gasteiger partial charge in [0.05, 0.1) is 17.9 Å². The van der Waals surface area contributed by atoms with Crippen molar-refractivity contribution in [2.45, 2.75) is 32.2 Å². The van der Waals surface area contributed by atoms with Gasteiger partial charge < -0.3 is 16.0 Å². The number of likely N-dealkylation sites (tertiary alicyclic amines) is 1. The van der Waals surface area contributed by atoms with Gasteiger partial charge >= 0.3 is 11.8 Å². The van der Waals surface area contributed by atoms with Gasteiger partial charge in [0.25, 0.3) is 0 Å². The third-order valence-corrected chi connectivity index (χ3v) is 6.09. The van der Waals surface area contributed by atoms with E-state index in [1.165, 1.54) is 16.3 Å². The fourth-order valence-electron chi connectivity index (χ4n) is 3.68. The number of nitrogens with two attached hydrogens (primary N) is 1. The van der Waals surface area contributed by atoms with Gasteiger partial charge in [-0.25, -0.2) is 4.98 Å². The lowest BCUT2D eigenvalue weighted by molar-refractivity contribution is -0.145. The fourth-order valence-corrected chi connectivity index (χ4v) is 4.45. The molecule has 0 bridgehead atoms. The maximum Gasteiger partial charge on any atom is 0.313 e. The predicted octanol–water partition coefficient (Wildman–Crippen LogP) is 3.88. The zero-order valence-electron chi connectivity index (χ0n) is 15.6. The topological polar surface area (TPSA) is 88.3 Å². The quantitative estimate of drug-likeness (QED) is 0.646. The molecule has 0 spiro atoms. The number of nitrogen functional groups attached to an aromatic ring is 1. The first-order valence-corrected chi connectivity index (χ1v) is 10.2. The summed E-state index contributed by atoms with van der Waals surface area (Å²) in [7, 11) is 0. The summed E-state index contributed by atoms with van der Waals surface area (Å²) in [6.07, 6.45) is 4.26. The van der Waals surface area contributed by atoms with Crippen molar-refractivity contribution in [1.29, 1.82) is 0 Å². The molecule has 0 aliphatic carbocycles. The van der Waals surface area contributed by atoms with E-state index in [-0.39, 0.29) is 6.04 Å². The van der Waals surface area contributed by atoms with Gasteiger partial charge in [0, 0.05) is 11.2 Å². The van der Waals surface area contributed by atoms with E-state index in [0.717, 1.165) is 30.4 Å². The van der Waals surface area contributed by atoms with Gasteiger partial charge in [-0.1, -0.05) is 6.07 Å². The molecule has 1 fully saturated rings. The number of fused-ring (bicyclic) bond motifs is 1. The number of amides is 2. The molecule has 1 saturated heterocycles. The first-order valence-electron chi connectivity index (χ1n) is 9.34. The van der Waals surface area contributed by atoms with Crippen molar-refractivity contribution in [3.63, 3.8) is 0 Å². The molecule has 6 nitrogen and oxygen atoms in total. The van der Waals surface area contributed by atoms with Crippen LogP contribution in [-0.2, 0) is 9.59 Å². The molecule has 1 atom stereocenters. The van der Waals surface area contributed by atoms with Crippen LogP contribution in [0.5, 0.6) is 0 Å². The number of benzene rings is 1. The number of nitrogens with zero attached hydrogens (tertiary/aromatic N) is 2. The summed E-state index contributed by atoms with van der Waals surface area (Å²) < 4.78 is 1.22. The highest BCUT2D eigenvalue weighted by atomic mass is 32.1. The molecule has 2 aromatic heterocycles. The summed E-state index contributed by atoms with van der Waals surface area (Å²) in [5.74, 6) is -0.747. The smallest absolute Gasteiger partial charge is 0.313 e. The van der Waals surface area contributed by atoms with Crippen molar-refractivity contribution in [3.8, 4) is 0 Å². The van der Waals surface area contributed by atoms with E-state index in [1.807, 2.05) is 0 Å². The lowest BCUT2D eigenvalue weighted by atomic mass is 9.94. The summed E-state index contributed by atoms with van der Waals surface area (Å²) in [5, 5.41) is 5.90. The maximum atomic E-state index is 12.9. The van der Waals surface area contributed by atoms with E-state index in [9.17, 15) is 9.59 Å². The average molecular weight is 395 g/mol. The van der Waals surface area contributed by atoms with Gasteiger partial charge in [-0.15, -0.1) is 11.3 Å². The van der Waals surface area contributed by atoms with E-state index in [1.54, 1.807) is 29.2 Å². The average Bonchev–Trinajstić information content (AvgIpc) is 3.18. The van der Waals surface area contributed by atoms with Crippen molar-refractivity contribution in [2.24, 2.45) is 0 Å². The monoisotopic (exact) mass is 394 g/mol. The molecule has 3 heterocycles. The number of piperidine rings is 1. The lowest BCUT2D eigenvalue weighted by Gasteiger charge is -2.35. The van der Waals surface area contributed by atoms with Crippen molar-refractivity contribution >= 4 is 44.7 Å². The molecule has 28 heavy (non-hydrogen) atoms. The minimum absolute atomic E-state index is 0.0809. The first kappa shape index (κ1) is 18.4. The van der Waals surface area contributed by atoms with Crippen molar-refractivity contribution in [3.05, 3.63) is 53.0 Å². The number of aromatic nitrogens is 1. The minimum Gasteiger partial charge on any atom is -0.383 e. The van der Waals surface area contributed by atoms with Crippen LogP contribution in [0.1, 0.15) is 36.4 Å². The third-order valence-electron chi connectivity index (χ3n) is 5.20. The number of anilines is 2. The number of nitrogens with one attached hydrogen (secondary N) is 1. The number of hydrogen-bond acceptors (Lipinski definition) is 5. The summed E-state index contributed by atoms with van der Waals surface area (Å²) >= 11 is 1.70. The Hall–Kier alpha value is -2.93. The molecule has 0 radical (unpaired) electrons. The number of carbonyl (C=O) groups is 2. The number of aryl methyl sites for hydroxylation is 1. The van der Waals surface area contributed by atoms with Crippen LogP contribution in [0.4, 0.5) is 11.5 Å². The zero-order chi connectivity index (χ0) is 19.7. The van der Waals surface area contributed by atoms with Crippen LogP contribution in [-0.4, -0.2) is 28.2 Å². The molecular formula is C21H22N4O2S. The van der Waals surface area contributed by atoms with Gasteiger partial charge in [-0.2, -0.15) is 0 Å². The van der Waals surface area contributed by atoms with Crippen molar-refractivity contribution < 1.29 is 9.59 Å². The molecule has 1 aliphatic heterocycles. The second kappa shape index (κ2) is 7.59. The molecule has 2 amide bonds. The largest absolute Gasteiger partial charge is 0.383 e. The Morgan fingerprint density at radius 1 is 1.25 bits per heavy atom. The molecule has 4 rings (SSSR count). The maximum absolute atomic E-state index is 12.9. The Morgan fingerprint density at radius 3 is 2.93 bits per heavy atom. The summed E-state index contributed by atoms with van der Waals surface area (Å²) in [4.78, 5) is 31.2. The Balaban J connectivity index is 1.55. The van der Waals surface area contributed by atoms with Crippen molar-refractivity contribution in [1.82, 2.24) is 9.88 Å². The van der Waals surface area contributed by atoms with Crippen LogP contribution >= 0.6 is 11.3 Å². The molecule has 144 valence electrons. The lowest BCUT2D eigenvalue weighted by Crippen LogP contribution is -2.44. The highest BCUT2D eigenvalue weighted by molar-refractivity contribution is 7.17. The van der Waals surface area contributed by atoms with Crippen LogP contribution in [0.3, 0.4) is 0 Å². The molecule has 1 aromatic carbocycles. The minimum atomic E-state index is -0.644. The van der Waals surface area contributed by atoms with Crippen LogP contribution in [0.25, 0.3) is 10.1 Å². The van der Waals surface area contributed by atoms with Gasteiger partial charge in [-0.05, 0) is 72.3 Å². The SMILES string of the molecule is Cc1cc(NC(=O)C(=O)N2CCCC[C@H]2c2ccc3sccc3c2)cnc1N. The van der Waals surface area contributed by atoms with E-state index >= 15 is 0 Å². The number of pyridine rings is 1. The van der Waals surface area contributed by atoms with Crippen molar-refractivity contribution in [2.75, 3.05) is 17.6 Å². The second-order valence-electron chi connectivity index (χ2n) is 7.11. The van der Waals surface area contributed by atoms with Gasteiger partial charge in [-0.3, -0.25) is 9.59 Å². The highest BCUT2D eigenvalue weighted by Crippen LogP contribution is 2.33. The van der Waals surface area contributed by atoms with E-state index in [0.29, 0.717) is 18.1 Å². The molecule has 0 saturated carbocycles. The fraction of sp³-hybridized carbons (Fsp3) is 0.286. The Bertz CT molecular complexity index is 1050. The number of carbonyl (C=O) groups excluding carboxylic acids is 2. The number of hydrogen-bond donors (Lipinski definition) is 2. The van der Waals surface area contributed by atoms with Crippen LogP contribution < -0.4 is 11.1 Å². The summed E-state index contributed by atoms with van der Waals surface area (Å²) in [5.41, 5.74) is 8.02. The van der Waals surface area contributed by atoms with Crippen LogP contribution in [0, 0.1) is 6.92 Å². The Kier molecular flexibility index (Phi) is 5.00. The molecular weight excluding hydrogens is 372 g/mol. The molecule has 7 heteroatoms. The normalized spacial score (nSPS) is 16.9.